The molecule has 0 bridgehead atoms. The molecule has 0 atom stereocenters. The van der Waals surface area contributed by atoms with Gasteiger partial charge < -0.3 is 5.11 Å². The molecule has 17 heavy (non-hydrogen) atoms. The van der Waals surface area contributed by atoms with Gasteiger partial charge in [-0.05, 0) is 25.5 Å². The van der Waals surface area contributed by atoms with Crippen LogP contribution in [0.5, 0.6) is 0 Å². The molecule has 0 aliphatic heterocycles. The molecule has 6 heteroatoms. The average molecular weight is 237 g/mol. The number of carboxylic acids is 1. The normalized spacial score (nSPS) is 10.0. The lowest BCUT2D eigenvalue weighted by molar-refractivity contribution is -0.385. The molecule has 0 fully saturated rings. The number of hydrogen-bond acceptors (Lipinski definition) is 4. The van der Waals surface area contributed by atoms with E-state index >= 15 is 0 Å². The highest BCUT2D eigenvalue weighted by molar-refractivity contribution is 5.94. The van der Waals surface area contributed by atoms with E-state index in [-0.39, 0.29) is 17.8 Å². The van der Waals surface area contributed by atoms with Crippen molar-refractivity contribution in [2.75, 3.05) is 0 Å². The predicted octanol–water partition coefficient (Wildman–Crippen LogP) is 1.73. The average Bonchev–Trinajstić information content (AvgIpc) is 2.19. The minimum atomic E-state index is -1.37. The fraction of sp³-hybridized carbons (Fsp3) is 0.273. The maximum Gasteiger partial charge on any atom is 0.342 e. The summed E-state index contributed by atoms with van der Waals surface area (Å²) in [5.74, 6) is -1.62. The Balaban J connectivity index is 3.54. The largest absolute Gasteiger partial charge is 0.477 e. The van der Waals surface area contributed by atoms with E-state index in [1.54, 1.807) is 6.92 Å². The molecule has 0 aromatic heterocycles. The van der Waals surface area contributed by atoms with Gasteiger partial charge in [-0.25, -0.2) is 4.79 Å². The molecular formula is C11H11NO5. The highest BCUT2D eigenvalue weighted by atomic mass is 16.6. The summed E-state index contributed by atoms with van der Waals surface area (Å²) in [5, 5.41) is 19.8. The maximum absolute atomic E-state index is 11.1. The molecule has 0 saturated carbocycles. The van der Waals surface area contributed by atoms with Crippen LogP contribution >= 0.6 is 0 Å². The van der Waals surface area contributed by atoms with Crippen molar-refractivity contribution < 1.29 is 19.6 Å². The molecule has 6 nitrogen and oxygen atoms in total. The number of nitro groups is 1. The maximum atomic E-state index is 11.1. The number of Topliss-reactive ketones (excluding diaryl/α,β-unsaturated/α-hetero) is 1. The summed E-state index contributed by atoms with van der Waals surface area (Å²) in [7, 11) is 0. The molecule has 1 rings (SSSR count). The van der Waals surface area contributed by atoms with Crippen molar-refractivity contribution in [2.45, 2.75) is 20.3 Å². The van der Waals surface area contributed by atoms with Gasteiger partial charge in [0.15, 0.2) is 0 Å². The first-order valence-electron chi connectivity index (χ1n) is 4.84. The first-order valence-corrected chi connectivity index (χ1v) is 4.84. The number of ketones is 1. The molecule has 1 aromatic carbocycles. The van der Waals surface area contributed by atoms with Gasteiger partial charge in [0.2, 0.25) is 0 Å². The Morgan fingerprint density at radius 1 is 1.41 bits per heavy atom. The van der Waals surface area contributed by atoms with E-state index in [1.807, 2.05) is 0 Å². The molecule has 0 unspecified atom stereocenters. The third-order valence-corrected chi connectivity index (χ3v) is 2.36. The number of carbonyl (C=O) groups is 2. The van der Waals surface area contributed by atoms with E-state index < -0.39 is 22.1 Å². The van der Waals surface area contributed by atoms with Gasteiger partial charge in [-0.15, -0.1) is 0 Å². The molecule has 1 aromatic rings. The third kappa shape index (κ3) is 2.66. The number of carboxylic acid groups (broad SMARTS) is 1. The van der Waals surface area contributed by atoms with Crippen LogP contribution in [0.3, 0.4) is 0 Å². The van der Waals surface area contributed by atoms with E-state index in [1.165, 1.54) is 19.1 Å². The summed E-state index contributed by atoms with van der Waals surface area (Å²) in [6.07, 6.45) is -0.136. The minimum absolute atomic E-state index is 0.136. The summed E-state index contributed by atoms with van der Waals surface area (Å²) in [6, 6.07) is 2.65. The van der Waals surface area contributed by atoms with Crippen molar-refractivity contribution >= 4 is 17.4 Å². The lowest BCUT2D eigenvalue weighted by Crippen LogP contribution is -2.09. The quantitative estimate of drug-likeness (QED) is 0.635. The molecular weight excluding hydrogens is 226 g/mol. The second kappa shape index (κ2) is 4.73. The number of nitro benzene ring substituents is 1. The van der Waals surface area contributed by atoms with Crippen LogP contribution in [0.15, 0.2) is 12.1 Å². The van der Waals surface area contributed by atoms with Crippen molar-refractivity contribution in [3.8, 4) is 0 Å². The number of nitrogens with zero attached hydrogens (tertiary/aromatic N) is 1. The van der Waals surface area contributed by atoms with Gasteiger partial charge in [0.1, 0.15) is 11.3 Å². The van der Waals surface area contributed by atoms with Gasteiger partial charge in [0.25, 0.3) is 5.69 Å². The van der Waals surface area contributed by atoms with E-state index in [4.69, 9.17) is 5.11 Å². The number of aryl methyl sites for hydroxylation is 1. The van der Waals surface area contributed by atoms with Crippen LogP contribution in [-0.4, -0.2) is 21.8 Å². The Labute approximate surface area is 97.0 Å². The van der Waals surface area contributed by atoms with Crippen LogP contribution in [0.4, 0.5) is 5.69 Å². The summed E-state index contributed by atoms with van der Waals surface area (Å²) in [4.78, 5) is 32.1. The van der Waals surface area contributed by atoms with Gasteiger partial charge in [-0.1, -0.05) is 6.07 Å². The van der Waals surface area contributed by atoms with Crippen LogP contribution in [0.25, 0.3) is 0 Å². The summed E-state index contributed by atoms with van der Waals surface area (Å²) in [6.45, 7) is 2.91. The Bertz CT molecular complexity index is 507. The fourth-order valence-electron chi connectivity index (χ4n) is 1.59. The summed E-state index contributed by atoms with van der Waals surface area (Å²) < 4.78 is 0. The zero-order valence-corrected chi connectivity index (χ0v) is 9.39. The van der Waals surface area contributed by atoms with Gasteiger partial charge in [-0.3, -0.25) is 14.9 Å². The summed E-state index contributed by atoms with van der Waals surface area (Å²) in [5.41, 5.74) is -0.177. The smallest absolute Gasteiger partial charge is 0.342 e. The van der Waals surface area contributed by atoms with Gasteiger partial charge in [-0.2, -0.15) is 0 Å². The van der Waals surface area contributed by atoms with Crippen molar-refractivity contribution in [1.29, 1.82) is 0 Å². The molecule has 0 amide bonds. The first kappa shape index (κ1) is 12.8. The predicted molar refractivity (Wildman–Crippen MR) is 59.2 cm³/mol. The van der Waals surface area contributed by atoms with Crippen LogP contribution in [0, 0.1) is 17.0 Å². The number of carbonyl (C=O) groups excluding carboxylic acids is 1. The Morgan fingerprint density at radius 2 is 2.00 bits per heavy atom. The van der Waals surface area contributed by atoms with E-state index in [0.717, 1.165) is 0 Å². The molecule has 1 N–H and O–H groups in total. The van der Waals surface area contributed by atoms with Crippen molar-refractivity contribution in [2.24, 2.45) is 0 Å². The monoisotopic (exact) mass is 237 g/mol. The van der Waals surface area contributed by atoms with Crippen molar-refractivity contribution in [3.05, 3.63) is 38.9 Å². The standard InChI is InChI=1S/C11H11NO5/c1-6-3-4-8(11(14)15)10(12(16)17)9(6)5-7(2)13/h3-4H,5H2,1-2H3,(H,14,15). The second-order valence-corrected chi connectivity index (χ2v) is 3.70. The first-order chi connectivity index (χ1) is 7.84. The number of rotatable bonds is 4. The summed E-state index contributed by atoms with van der Waals surface area (Å²) >= 11 is 0. The SMILES string of the molecule is CC(=O)Cc1c(C)ccc(C(=O)O)c1[N+](=O)[O-]. The molecule has 90 valence electrons. The van der Waals surface area contributed by atoms with Crippen LogP contribution in [-0.2, 0) is 11.2 Å². The van der Waals surface area contributed by atoms with Crippen LogP contribution in [0.1, 0.15) is 28.4 Å². The zero-order chi connectivity index (χ0) is 13.2. The zero-order valence-electron chi connectivity index (χ0n) is 9.39. The van der Waals surface area contributed by atoms with E-state index in [9.17, 15) is 19.7 Å². The second-order valence-electron chi connectivity index (χ2n) is 3.70. The van der Waals surface area contributed by atoms with E-state index in [0.29, 0.717) is 5.56 Å². The molecule has 0 heterocycles. The van der Waals surface area contributed by atoms with Crippen LogP contribution < -0.4 is 0 Å². The van der Waals surface area contributed by atoms with Crippen molar-refractivity contribution in [1.82, 2.24) is 0 Å². The number of aromatic carboxylic acids is 1. The fourth-order valence-corrected chi connectivity index (χ4v) is 1.59. The lowest BCUT2D eigenvalue weighted by atomic mass is 9.98. The molecule has 0 aliphatic rings. The molecule has 0 saturated heterocycles. The van der Waals surface area contributed by atoms with Gasteiger partial charge in [0.05, 0.1) is 4.92 Å². The third-order valence-electron chi connectivity index (χ3n) is 2.36. The lowest BCUT2D eigenvalue weighted by Gasteiger charge is -2.07. The topological polar surface area (TPSA) is 97.5 Å². The number of hydrogen-bond donors (Lipinski definition) is 1. The van der Waals surface area contributed by atoms with Gasteiger partial charge >= 0.3 is 5.97 Å². The Morgan fingerprint density at radius 3 is 2.41 bits per heavy atom. The highest BCUT2D eigenvalue weighted by Gasteiger charge is 2.26. The molecule has 0 radical (unpaired) electrons. The van der Waals surface area contributed by atoms with Gasteiger partial charge in [0, 0.05) is 12.0 Å². The number of benzene rings is 1. The van der Waals surface area contributed by atoms with Crippen LogP contribution in [0.2, 0.25) is 0 Å². The Kier molecular flexibility index (Phi) is 3.57. The minimum Gasteiger partial charge on any atom is -0.477 e. The molecule has 0 spiro atoms. The van der Waals surface area contributed by atoms with E-state index in [2.05, 4.69) is 0 Å². The van der Waals surface area contributed by atoms with Crippen molar-refractivity contribution in [3.63, 3.8) is 0 Å². The molecule has 0 aliphatic carbocycles. The highest BCUT2D eigenvalue weighted by Crippen LogP contribution is 2.27. The Hall–Kier alpha value is -2.24.